The van der Waals surface area contributed by atoms with Crippen LogP contribution in [0.25, 0.3) is 0 Å². The number of rotatable bonds is 3. The molecule has 4 nitrogen and oxygen atoms in total. The van der Waals surface area contributed by atoms with Gasteiger partial charge in [-0.05, 0) is 38.6 Å². The molecule has 1 aliphatic heterocycles. The van der Waals surface area contributed by atoms with Crippen molar-refractivity contribution in [2.24, 2.45) is 0 Å². The van der Waals surface area contributed by atoms with Crippen molar-refractivity contribution in [3.8, 4) is 0 Å². The average Bonchev–Trinajstić information content (AvgIpc) is 2.33. The van der Waals surface area contributed by atoms with Gasteiger partial charge in [-0.2, -0.15) is 5.10 Å². The van der Waals surface area contributed by atoms with E-state index in [1.165, 1.54) is 12.8 Å². The lowest BCUT2D eigenvalue weighted by molar-refractivity contribution is 0.193. The van der Waals surface area contributed by atoms with E-state index >= 15 is 0 Å². The molecule has 5 heteroatoms. The highest BCUT2D eigenvalue weighted by Gasteiger charge is 2.17. The van der Waals surface area contributed by atoms with Gasteiger partial charge in [-0.1, -0.05) is 11.6 Å². The second kappa shape index (κ2) is 5.57. The predicted octanol–water partition coefficient (Wildman–Crippen LogP) is 1.31. The number of nitrogens with one attached hydrogen (secondary N) is 1. The zero-order valence-electron chi connectivity index (χ0n) is 9.49. The number of hydrogen-bond donors (Lipinski definition) is 1. The van der Waals surface area contributed by atoms with E-state index in [0.717, 1.165) is 25.3 Å². The number of hydrogen-bond acceptors (Lipinski definition) is 4. The maximum atomic E-state index is 5.70. The number of aromatic nitrogens is 2. The van der Waals surface area contributed by atoms with Crippen molar-refractivity contribution in [3.05, 3.63) is 23.0 Å². The molecule has 1 aromatic rings. The summed E-state index contributed by atoms with van der Waals surface area (Å²) in [5.74, 6) is 0. The lowest BCUT2D eigenvalue weighted by Gasteiger charge is -2.31. The van der Waals surface area contributed by atoms with Gasteiger partial charge in [-0.15, -0.1) is 5.10 Å². The van der Waals surface area contributed by atoms with Crippen LogP contribution in [0, 0.1) is 0 Å². The lowest BCUT2D eigenvalue weighted by atomic mass is 10.1. The second-order valence-electron chi connectivity index (χ2n) is 4.26. The molecular formula is C11H17ClN4. The van der Waals surface area contributed by atoms with Crippen LogP contribution in [0.5, 0.6) is 0 Å². The molecule has 2 heterocycles. The average molecular weight is 241 g/mol. The molecule has 1 unspecified atom stereocenters. The molecule has 1 aromatic heterocycles. The molecule has 0 amide bonds. The van der Waals surface area contributed by atoms with Crippen LogP contribution in [0.4, 0.5) is 0 Å². The van der Waals surface area contributed by atoms with E-state index in [0.29, 0.717) is 11.2 Å². The first-order valence-electron chi connectivity index (χ1n) is 5.65. The van der Waals surface area contributed by atoms with Gasteiger partial charge in [0.15, 0.2) is 5.15 Å². The molecule has 16 heavy (non-hydrogen) atoms. The van der Waals surface area contributed by atoms with Gasteiger partial charge in [0, 0.05) is 19.1 Å². The largest absolute Gasteiger partial charge is 0.315 e. The van der Waals surface area contributed by atoms with Gasteiger partial charge >= 0.3 is 0 Å². The Morgan fingerprint density at radius 2 is 2.38 bits per heavy atom. The molecule has 1 saturated heterocycles. The molecule has 0 aromatic carbocycles. The SMILES string of the molecule is CN(Cc1ccc(Cl)nn1)C1CCCNC1. The summed E-state index contributed by atoms with van der Waals surface area (Å²) in [7, 11) is 2.13. The molecule has 0 bridgehead atoms. The first-order valence-corrected chi connectivity index (χ1v) is 6.02. The molecule has 1 atom stereocenters. The quantitative estimate of drug-likeness (QED) is 0.865. The number of halogens is 1. The van der Waals surface area contributed by atoms with Gasteiger partial charge in [-0.3, -0.25) is 4.90 Å². The predicted molar refractivity (Wildman–Crippen MR) is 64.4 cm³/mol. The molecule has 0 radical (unpaired) electrons. The van der Waals surface area contributed by atoms with Crippen molar-refractivity contribution < 1.29 is 0 Å². The van der Waals surface area contributed by atoms with Crippen LogP contribution in [-0.2, 0) is 6.54 Å². The summed E-state index contributed by atoms with van der Waals surface area (Å²) in [6, 6.07) is 4.32. The summed E-state index contributed by atoms with van der Waals surface area (Å²) in [5, 5.41) is 11.8. The van der Waals surface area contributed by atoms with E-state index in [2.05, 4.69) is 27.5 Å². The van der Waals surface area contributed by atoms with Gasteiger partial charge in [0.05, 0.1) is 5.69 Å². The molecule has 0 aliphatic carbocycles. The van der Waals surface area contributed by atoms with Crippen molar-refractivity contribution in [1.82, 2.24) is 20.4 Å². The summed E-state index contributed by atoms with van der Waals surface area (Å²) in [4.78, 5) is 2.32. The van der Waals surface area contributed by atoms with Crippen LogP contribution in [-0.4, -0.2) is 41.3 Å². The Morgan fingerprint density at radius 3 is 3.00 bits per heavy atom. The van der Waals surface area contributed by atoms with Gasteiger partial charge in [0.25, 0.3) is 0 Å². The Bertz CT molecular complexity index is 321. The number of likely N-dealkylation sites (N-methyl/N-ethyl adjacent to an activating group) is 1. The third-order valence-corrected chi connectivity index (χ3v) is 3.19. The lowest BCUT2D eigenvalue weighted by Crippen LogP contribution is -2.43. The standard InChI is InChI=1S/C11H17ClN4/c1-16(10-3-2-6-13-7-10)8-9-4-5-11(12)15-14-9/h4-5,10,13H,2-3,6-8H2,1H3. The zero-order chi connectivity index (χ0) is 11.4. The van der Waals surface area contributed by atoms with E-state index < -0.39 is 0 Å². The van der Waals surface area contributed by atoms with Gasteiger partial charge in [0.1, 0.15) is 0 Å². The van der Waals surface area contributed by atoms with E-state index in [1.54, 1.807) is 6.07 Å². The third-order valence-electron chi connectivity index (χ3n) is 2.99. The van der Waals surface area contributed by atoms with E-state index in [1.807, 2.05) is 6.07 Å². The third kappa shape index (κ3) is 3.14. The van der Waals surface area contributed by atoms with Gasteiger partial charge in [0.2, 0.25) is 0 Å². The minimum Gasteiger partial charge on any atom is -0.315 e. The maximum absolute atomic E-state index is 5.70. The fourth-order valence-corrected chi connectivity index (χ4v) is 2.12. The first-order chi connectivity index (χ1) is 7.75. The Morgan fingerprint density at radius 1 is 1.50 bits per heavy atom. The fraction of sp³-hybridized carbons (Fsp3) is 0.636. The summed E-state index contributed by atoms with van der Waals surface area (Å²) in [6.45, 7) is 3.04. The van der Waals surface area contributed by atoms with Crippen LogP contribution >= 0.6 is 11.6 Å². The molecule has 0 saturated carbocycles. The van der Waals surface area contributed by atoms with Crippen molar-refractivity contribution >= 4 is 11.6 Å². The molecule has 2 rings (SSSR count). The van der Waals surface area contributed by atoms with Crippen molar-refractivity contribution in [2.75, 3.05) is 20.1 Å². The maximum Gasteiger partial charge on any atom is 0.151 e. The monoisotopic (exact) mass is 240 g/mol. The number of nitrogens with zero attached hydrogens (tertiary/aromatic N) is 3. The van der Waals surface area contributed by atoms with E-state index in [-0.39, 0.29) is 0 Å². The second-order valence-corrected chi connectivity index (χ2v) is 4.65. The summed E-state index contributed by atoms with van der Waals surface area (Å²) < 4.78 is 0. The highest BCUT2D eigenvalue weighted by Crippen LogP contribution is 2.11. The molecule has 0 spiro atoms. The smallest absolute Gasteiger partial charge is 0.151 e. The van der Waals surface area contributed by atoms with Crippen molar-refractivity contribution in [3.63, 3.8) is 0 Å². The van der Waals surface area contributed by atoms with Crippen molar-refractivity contribution in [2.45, 2.75) is 25.4 Å². The fourth-order valence-electron chi connectivity index (χ4n) is 2.02. The molecule has 1 fully saturated rings. The van der Waals surface area contributed by atoms with Crippen LogP contribution in [0.3, 0.4) is 0 Å². The van der Waals surface area contributed by atoms with Gasteiger partial charge in [-0.25, -0.2) is 0 Å². The zero-order valence-corrected chi connectivity index (χ0v) is 10.2. The highest BCUT2D eigenvalue weighted by atomic mass is 35.5. The Labute approximate surface area is 101 Å². The summed E-state index contributed by atoms with van der Waals surface area (Å²) in [6.07, 6.45) is 2.51. The molecule has 1 N–H and O–H groups in total. The molecule has 1 aliphatic rings. The minimum absolute atomic E-state index is 0.450. The normalized spacial score (nSPS) is 21.3. The van der Waals surface area contributed by atoms with Crippen LogP contribution in [0.1, 0.15) is 18.5 Å². The van der Waals surface area contributed by atoms with E-state index in [4.69, 9.17) is 11.6 Å². The molecular weight excluding hydrogens is 224 g/mol. The summed E-state index contributed by atoms with van der Waals surface area (Å²) in [5.41, 5.74) is 0.970. The highest BCUT2D eigenvalue weighted by molar-refractivity contribution is 6.29. The topological polar surface area (TPSA) is 41.1 Å². The summed E-state index contributed by atoms with van der Waals surface area (Å²) >= 11 is 5.70. The van der Waals surface area contributed by atoms with Crippen LogP contribution in [0.15, 0.2) is 12.1 Å². The molecule has 88 valence electrons. The first kappa shape index (κ1) is 11.8. The number of piperidine rings is 1. The minimum atomic E-state index is 0.450. The van der Waals surface area contributed by atoms with Crippen molar-refractivity contribution in [1.29, 1.82) is 0 Å². The van der Waals surface area contributed by atoms with Crippen LogP contribution < -0.4 is 5.32 Å². The Kier molecular flexibility index (Phi) is 4.09. The Balaban J connectivity index is 1.90. The van der Waals surface area contributed by atoms with E-state index in [9.17, 15) is 0 Å². The Hall–Kier alpha value is -0.710. The van der Waals surface area contributed by atoms with Gasteiger partial charge < -0.3 is 5.32 Å². The van der Waals surface area contributed by atoms with Crippen LogP contribution in [0.2, 0.25) is 5.15 Å².